The zero-order chi connectivity index (χ0) is 12.7. The third-order valence-corrected chi connectivity index (χ3v) is 2.57. The van der Waals surface area contributed by atoms with Crippen molar-refractivity contribution in [1.82, 2.24) is 5.32 Å². The molecular formula is C13H21NO3. The summed E-state index contributed by atoms with van der Waals surface area (Å²) < 4.78 is 4.96. The second-order valence-electron chi connectivity index (χ2n) is 4.08. The summed E-state index contributed by atoms with van der Waals surface area (Å²) >= 11 is 0. The van der Waals surface area contributed by atoms with Gasteiger partial charge in [0, 0.05) is 13.1 Å². The molecule has 0 aromatic heterocycles. The molecule has 0 fully saturated rings. The molecule has 4 heteroatoms. The monoisotopic (exact) mass is 239 g/mol. The van der Waals surface area contributed by atoms with Gasteiger partial charge in [0.1, 0.15) is 0 Å². The van der Waals surface area contributed by atoms with Crippen LogP contribution in [0.3, 0.4) is 0 Å². The molecule has 4 nitrogen and oxygen atoms in total. The normalized spacial score (nSPS) is 12.4. The number of rotatable bonds is 7. The molecule has 0 aliphatic heterocycles. The zero-order valence-electron chi connectivity index (χ0n) is 10.4. The maximum Gasteiger partial charge on any atom is 0.160 e. The summed E-state index contributed by atoms with van der Waals surface area (Å²) in [5.41, 5.74) is 0.965. The Morgan fingerprint density at radius 3 is 2.76 bits per heavy atom. The number of benzene rings is 1. The van der Waals surface area contributed by atoms with Crippen LogP contribution in [0.5, 0.6) is 11.5 Å². The summed E-state index contributed by atoms with van der Waals surface area (Å²) in [7, 11) is 1.52. The molecule has 1 rings (SSSR count). The molecule has 96 valence electrons. The van der Waals surface area contributed by atoms with Crippen LogP contribution in [0.25, 0.3) is 0 Å². The highest BCUT2D eigenvalue weighted by molar-refractivity contribution is 5.41. The highest BCUT2D eigenvalue weighted by Crippen LogP contribution is 2.25. The Morgan fingerprint density at radius 1 is 1.41 bits per heavy atom. The summed E-state index contributed by atoms with van der Waals surface area (Å²) in [5, 5.41) is 22.3. The third-order valence-electron chi connectivity index (χ3n) is 2.57. The standard InChI is InChI=1S/C13H21NO3/c1-3-4-11(15)9-14-8-10-5-6-13(17-2)12(16)7-10/h5-7,11,14-16H,3-4,8-9H2,1-2H3. The van der Waals surface area contributed by atoms with Crippen molar-refractivity contribution in [3.05, 3.63) is 23.8 Å². The first-order valence-electron chi connectivity index (χ1n) is 5.92. The van der Waals surface area contributed by atoms with Crippen LogP contribution >= 0.6 is 0 Å². The van der Waals surface area contributed by atoms with Crippen LogP contribution < -0.4 is 10.1 Å². The molecule has 1 aromatic carbocycles. The molecule has 1 atom stereocenters. The van der Waals surface area contributed by atoms with Gasteiger partial charge in [-0.15, -0.1) is 0 Å². The number of hydrogen-bond acceptors (Lipinski definition) is 4. The van der Waals surface area contributed by atoms with E-state index in [4.69, 9.17) is 4.74 Å². The number of hydrogen-bond donors (Lipinski definition) is 3. The Morgan fingerprint density at radius 2 is 2.18 bits per heavy atom. The molecule has 1 unspecified atom stereocenters. The summed E-state index contributed by atoms with van der Waals surface area (Å²) in [6.45, 7) is 3.24. The van der Waals surface area contributed by atoms with Crippen molar-refractivity contribution in [3.63, 3.8) is 0 Å². The lowest BCUT2D eigenvalue weighted by Crippen LogP contribution is -2.26. The molecule has 0 saturated heterocycles. The number of phenols is 1. The molecule has 0 amide bonds. The maximum atomic E-state index is 9.58. The predicted octanol–water partition coefficient (Wildman–Crippen LogP) is 1.65. The number of aliphatic hydroxyl groups excluding tert-OH is 1. The van der Waals surface area contributed by atoms with Crippen molar-refractivity contribution in [2.75, 3.05) is 13.7 Å². The van der Waals surface area contributed by atoms with E-state index in [1.807, 2.05) is 13.0 Å². The largest absolute Gasteiger partial charge is 0.504 e. The summed E-state index contributed by atoms with van der Waals surface area (Å²) in [6, 6.07) is 5.28. The van der Waals surface area contributed by atoms with Crippen molar-refractivity contribution in [3.8, 4) is 11.5 Å². The van der Waals surface area contributed by atoms with Crippen molar-refractivity contribution in [2.24, 2.45) is 0 Å². The SMILES string of the molecule is CCCC(O)CNCc1ccc(OC)c(O)c1. The van der Waals surface area contributed by atoms with Crippen LogP contribution in [0, 0.1) is 0 Å². The molecule has 0 aliphatic carbocycles. The predicted molar refractivity (Wildman–Crippen MR) is 67.3 cm³/mol. The Balaban J connectivity index is 2.39. The first-order valence-corrected chi connectivity index (χ1v) is 5.92. The van der Waals surface area contributed by atoms with Crippen LogP contribution in [0.4, 0.5) is 0 Å². The lowest BCUT2D eigenvalue weighted by atomic mass is 10.2. The lowest BCUT2D eigenvalue weighted by molar-refractivity contribution is 0.160. The van der Waals surface area contributed by atoms with E-state index in [2.05, 4.69) is 5.32 Å². The minimum Gasteiger partial charge on any atom is -0.504 e. The van der Waals surface area contributed by atoms with Crippen LogP contribution in [0.15, 0.2) is 18.2 Å². The Bertz CT molecular complexity index is 341. The van der Waals surface area contributed by atoms with E-state index < -0.39 is 0 Å². The molecule has 0 spiro atoms. The van der Waals surface area contributed by atoms with Gasteiger partial charge in [0.05, 0.1) is 13.2 Å². The molecule has 17 heavy (non-hydrogen) atoms. The quantitative estimate of drug-likeness (QED) is 0.677. The van der Waals surface area contributed by atoms with Crippen LogP contribution in [0.2, 0.25) is 0 Å². The van der Waals surface area contributed by atoms with Gasteiger partial charge in [-0.1, -0.05) is 19.4 Å². The number of aliphatic hydroxyl groups is 1. The Hall–Kier alpha value is -1.26. The summed E-state index contributed by atoms with van der Waals surface area (Å²) in [6.07, 6.45) is 1.49. The van der Waals surface area contributed by atoms with Crippen LogP contribution in [0.1, 0.15) is 25.3 Å². The van der Waals surface area contributed by atoms with Crippen molar-refractivity contribution in [1.29, 1.82) is 0 Å². The first-order chi connectivity index (χ1) is 8.17. The summed E-state index contributed by atoms with van der Waals surface area (Å²) in [4.78, 5) is 0. The number of methoxy groups -OCH3 is 1. The third kappa shape index (κ3) is 4.63. The number of phenolic OH excluding ortho intramolecular Hbond substituents is 1. The highest BCUT2D eigenvalue weighted by Gasteiger charge is 2.04. The van der Waals surface area contributed by atoms with Crippen molar-refractivity contribution < 1.29 is 14.9 Å². The number of ether oxygens (including phenoxy) is 1. The van der Waals surface area contributed by atoms with Gasteiger partial charge in [-0.05, 0) is 24.1 Å². The maximum absolute atomic E-state index is 9.58. The first kappa shape index (κ1) is 13.8. The average molecular weight is 239 g/mol. The smallest absolute Gasteiger partial charge is 0.160 e. The van der Waals surface area contributed by atoms with E-state index in [0.29, 0.717) is 18.8 Å². The summed E-state index contributed by atoms with van der Waals surface area (Å²) in [5.74, 6) is 0.612. The fourth-order valence-corrected chi connectivity index (χ4v) is 1.66. The molecule has 3 N–H and O–H groups in total. The van der Waals surface area contributed by atoms with E-state index in [-0.39, 0.29) is 11.9 Å². The molecule has 0 heterocycles. The molecule has 1 aromatic rings. The molecular weight excluding hydrogens is 218 g/mol. The van der Waals surface area contributed by atoms with Crippen LogP contribution in [-0.2, 0) is 6.54 Å². The fourth-order valence-electron chi connectivity index (χ4n) is 1.66. The highest BCUT2D eigenvalue weighted by atomic mass is 16.5. The van der Waals surface area contributed by atoms with E-state index in [0.717, 1.165) is 18.4 Å². The Labute approximate surface area is 102 Å². The second kappa shape index (κ2) is 7.14. The van der Waals surface area contributed by atoms with Gasteiger partial charge in [0.2, 0.25) is 0 Å². The van der Waals surface area contributed by atoms with Gasteiger partial charge in [0.25, 0.3) is 0 Å². The Kier molecular flexibility index (Phi) is 5.80. The van der Waals surface area contributed by atoms with Gasteiger partial charge in [-0.3, -0.25) is 0 Å². The topological polar surface area (TPSA) is 61.7 Å². The minimum absolute atomic E-state index is 0.140. The van der Waals surface area contributed by atoms with E-state index >= 15 is 0 Å². The van der Waals surface area contributed by atoms with Crippen LogP contribution in [-0.4, -0.2) is 30.0 Å². The van der Waals surface area contributed by atoms with Crippen molar-refractivity contribution >= 4 is 0 Å². The average Bonchev–Trinajstić information content (AvgIpc) is 2.29. The molecule has 0 aliphatic rings. The van der Waals surface area contributed by atoms with Gasteiger partial charge in [0.15, 0.2) is 11.5 Å². The molecule has 0 bridgehead atoms. The van der Waals surface area contributed by atoms with Gasteiger partial charge >= 0.3 is 0 Å². The van der Waals surface area contributed by atoms with Gasteiger partial charge in [-0.25, -0.2) is 0 Å². The van der Waals surface area contributed by atoms with Gasteiger partial charge in [-0.2, -0.15) is 0 Å². The van der Waals surface area contributed by atoms with E-state index in [1.54, 1.807) is 12.1 Å². The number of nitrogens with one attached hydrogen (secondary N) is 1. The van der Waals surface area contributed by atoms with Gasteiger partial charge < -0.3 is 20.3 Å². The lowest BCUT2D eigenvalue weighted by Gasteiger charge is -2.11. The molecule has 0 radical (unpaired) electrons. The number of aromatic hydroxyl groups is 1. The second-order valence-corrected chi connectivity index (χ2v) is 4.08. The fraction of sp³-hybridized carbons (Fsp3) is 0.538. The van der Waals surface area contributed by atoms with E-state index in [1.165, 1.54) is 7.11 Å². The minimum atomic E-state index is -0.299. The molecule has 0 saturated carbocycles. The van der Waals surface area contributed by atoms with Crippen molar-refractivity contribution in [2.45, 2.75) is 32.4 Å². The zero-order valence-corrected chi connectivity index (χ0v) is 10.4. The van der Waals surface area contributed by atoms with E-state index in [9.17, 15) is 10.2 Å².